The summed E-state index contributed by atoms with van der Waals surface area (Å²) in [5, 5.41) is 7.79. The van der Waals surface area contributed by atoms with Gasteiger partial charge in [0, 0.05) is 5.69 Å². The molecule has 3 amide bonds. The van der Waals surface area contributed by atoms with Crippen LogP contribution in [-0.2, 0) is 4.79 Å². The van der Waals surface area contributed by atoms with Gasteiger partial charge in [0.1, 0.15) is 5.75 Å². The quantitative estimate of drug-likeness (QED) is 0.793. The molecule has 6 nitrogen and oxygen atoms in total. The van der Waals surface area contributed by atoms with E-state index >= 15 is 0 Å². The van der Waals surface area contributed by atoms with E-state index in [-0.39, 0.29) is 12.5 Å². The van der Waals surface area contributed by atoms with Crippen LogP contribution in [0.15, 0.2) is 54.6 Å². The van der Waals surface area contributed by atoms with Gasteiger partial charge in [0.05, 0.1) is 19.3 Å². The van der Waals surface area contributed by atoms with Gasteiger partial charge >= 0.3 is 6.03 Å². The largest absolute Gasteiger partial charge is 0.495 e. The monoisotopic (exact) mass is 299 g/mol. The molecule has 0 unspecified atom stereocenters. The zero-order valence-corrected chi connectivity index (χ0v) is 12.1. The van der Waals surface area contributed by atoms with E-state index in [1.807, 2.05) is 18.2 Å². The van der Waals surface area contributed by atoms with Crippen molar-refractivity contribution in [2.75, 3.05) is 24.3 Å². The Balaban J connectivity index is 1.81. The van der Waals surface area contributed by atoms with Crippen LogP contribution in [0, 0.1) is 0 Å². The number of nitrogens with one attached hydrogen (secondary N) is 3. The Morgan fingerprint density at radius 3 is 2.36 bits per heavy atom. The standard InChI is InChI=1S/C16H17N3O3/c1-22-14-10-6-5-9-13(14)19-15(20)11-17-16(21)18-12-7-3-2-4-8-12/h2-10H,11H2,1H3,(H,19,20)(H2,17,18,21). The molecule has 3 N–H and O–H groups in total. The second-order valence-electron chi connectivity index (χ2n) is 4.42. The molecule has 22 heavy (non-hydrogen) atoms. The summed E-state index contributed by atoms with van der Waals surface area (Å²) < 4.78 is 5.14. The maximum atomic E-state index is 11.8. The Hall–Kier alpha value is -3.02. The molecular formula is C16H17N3O3. The van der Waals surface area contributed by atoms with Crippen molar-refractivity contribution in [3.05, 3.63) is 54.6 Å². The Morgan fingerprint density at radius 1 is 0.955 bits per heavy atom. The first kappa shape index (κ1) is 15.4. The van der Waals surface area contributed by atoms with Crippen LogP contribution < -0.4 is 20.7 Å². The molecule has 0 aliphatic carbocycles. The van der Waals surface area contributed by atoms with E-state index in [1.54, 1.807) is 36.4 Å². The summed E-state index contributed by atoms with van der Waals surface area (Å²) >= 11 is 0. The topological polar surface area (TPSA) is 79.5 Å². The Kier molecular flexibility index (Phi) is 5.37. The highest BCUT2D eigenvalue weighted by molar-refractivity contribution is 5.97. The molecule has 0 aliphatic rings. The van der Waals surface area contributed by atoms with Gasteiger partial charge in [0.25, 0.3) is 0 Å². The molecule has 0 bridgehead atoms. The van der Waals surface area contributed by atoms with Gasteiger partial charge in [-0.2, -0.15) is 0 Å². The molecule has 114 valence electrons. The second-order valence-corrected chi connectivity index (χ2v) is 4.42. The van der Waals surface area contributed by atoms with Gasteiger partial charge in [-0.15, -0.1) is 0 Å². The fourth-order valence-electron chi connectivity index (χ4n) is 1.80. The van der Waals surface area contributed by atoms with Crippen molar-refractivity contribution in [1.82, 2.24) is 5.32 Å². The summed E-state index contributed by atoms with van der Waals surface area (Å²) in [5.74, 6) is 0.220. The van der Waals surface area contributed by atoms with Crippen molar-refractivity contribution in [2.24, 2.45) is 0 Å². The lowest BCUT2D eigenvalue weighted by Gasteiger charge is -2.10. The van der Waals surface area contributed by atoms with Gasteiger partial charge in [0.2, 0.25) is 5.91 Å². The predicted octanol–water partition coefficient (Wildman–Crippen LogP) is 2.46. The molecule has 0 radical (unpaired) electrons. The summed E-state index contributed by atoms with van der Waals surface area (Å²) in [6.45, 7) is -0.142. The molecule has 0 aliphatic heterocycles. The first-order chi connectivity index (χ1) is 10.7. The number of para-hydroxylation sites is 3. The summed E-state index contributed by atoms with van der Waals surface area (Å²) in [7, 11) is 1.52. The normalized spacial score (nSPS) is 9.68. The summed E-state index contributed by atoms with van der Waals surface area (Å²) in [6.07, 6.45) is 0. The number of carbonyl (C=O) groups excluding carboxylic acids is 2. The van der Waals surface area contributed by atoms with Crippen molar-refractivity contribution in [1.29, 1.82) is 0 Å². The highest BCUT2D eigenvalue weighted by Gasteiger charge is 2.08. The third kappa shape index (κ3) is 4.52. The van der Waals surface area contributed by atoms with Crippen molar-refractivity contribution >= 4 is 23.3 Å². The van der Waals surface area contributed by atoms with Gasteiger partial charge in [-0.1, -0.05) is 30.3 Å². The van der Waals surface area contributed by atoms with Crippen molar-refractivity contribution in [3.63, 3.8) is 0 Å². The first-order valence-corrected chi connectivity index (χ1v) is 6.72. The number of ether oxygens (including phenoxy) is 1. The molecule has 2 rings (SSSR count). The smallest absolute Gasteiger partial charge is 0.319 e. The number of urea groups is 1. The summed E-state index contributed by atoms with van der Waals surface area (Å²) in [6, 6.07) is 15.6. The minimum Gasteiger partial charge on any atom is -0.495 e. The lowest BCUT2D eigenvalue weighted by atomic mass is 10.3. The number of anilines is 2. The molecule has 0 aromatic heterocycles. The van der Waals surface area contributed by atoms with E-state index in [0.717, 1.165) is 0 Å². The summed E-state index contributed by atoms with van der Waals surface area (Å²) in [5.41, 5.74) is 1.21. The van der Waals surface area contributed by atoms with Gasteiger partial charge < -0.3 is 20.7 Å². The zero-order chi connectivity index (χ0) is 15.8. The number of hydrogen-bond acceptors (Lipinski definition) is 3. The third-order valence-corrected chi connectivity index (χ3v) is 2.82. The highest BCUT2D eigenvalue weighted by atomic mass is 16.5. The maximum Gasteiger partial charge on any atom is 0.319 e. The van der Waals surface area contributed by atoms with Crippen LogP contribution in [0.4, 0.5) is 16.2 Å². The van der Waals surface area contributed by atoms with Crippen LogP contribution in [0.3, 0.4) is 0 Å². The van der Waals surface area contributed by atoms with Gasteiger partial charge in [-0.25, -0.2) is 4.79 Å². The minimum absolute atomic E-state index is 0.142. The van der Waals surface area contributed by atoms with E-state index in [9.17, 15) is 9.59 Å². The van der Waals surface area contributed by atoms with Crippen LogP contribution in [0.5, 0.6) is 5.75 Å². The van der Waals surface area contributed by atoms with Crippen molar-refractivity contribution in [2.45, 2.75) is 0 Å². The molecule has 0 atom stereocenters. The number of carbonyl (C=O) groups is 2. The van der Waals surface area contributed by atoms with Gasteiger partial charge in [-0.3, -0.25) is 4.79 Å². The number of hydrogen-bond donors (Lipinski definition) is 3. The van der Waals surface area contributed by atoms with Gasteiger partial charge in [-0.05, 0) is 24.3 Å². The van der Waals surface area contributed by atoms with E-state index in [2.05, 4.69) is 16.0 Å². The van der Waals surface area contributed by atoms with Crippen molar-refractivity contribution in [3.8, 4) is 5.75 Å². The summed E-state index contributed by atoms with van der Waals surface area (Å²) in [4.78, 5) is 23.5. The fourth-order valence-corrected chi connectivity index (χ4v) is 1.80. The Labute approximate surface area is 128 Å². The molecule has 0 fully saturated rings. The number of methoxy groups -OCH3 is 1. The van der Waals surface area contributed by atoms with Crippen LogP contribution in [-0.4, -0.2) is 25.6 Å². The highest BCUT2D eigenvalue weighted by Crippen LogP contribution is 2.22. The second kappa shape index (κ2) is 7.68. The maximum absolute atomic E-state index is 11.8. The van der Waals surface area contributed by atoms with Crippen molar-refractivity contribution < 1.29 is 14.3 Å². The van der Waals surface area contributed by atoms with Gasteiger partial charge in [0.15, 0.2) is 0 Å². The van der Waals surface area contributed by atoms with Crippen LogP contribution in [0.25, 0.3) is 0 Å². The average Bonchev–Trinajstić information content (AvgIpc) is 2.54. The third-order valence-electron chi connectivity index (χ3n) is 2.82. The first-order valence-electron chi connectivity index (χ1n) is 6.72. The molecule has 2 aromatic carbocycles. The van der Waals surface area contributed by atoms with E-state index < -0.39 is 6.03 Å². The molecule has 0 heterocycles. The van der Waals surface area contributed by atoms with Crippen LogP contribution in [0.2, 0.25) is 0 Å². The zero-order valence-electron chi connectivity index (χ0n) is 12.1. The number of rotatable bonds is 5. The average molecular weight is 299 g/mol. The molecule has 2 aromatic rings. The predicted molar refractivity (Wildman–Crippen MR) is 85.1 cm³/mol. The van der Waals surface area contributed by atoms with Crippen LogP contribution in [0.1, 0.15) is 0 Å². The Bertz CT molecular complexity index is 644. The molecule has 0 saturated heterocycles. The van der Waals surface area contributed by atoms with Crippen LogP contribution >= 0.6 is 0 Å². The van der Waals surface area contributed by atoms with E-state index in [4.69, 9.17) is 4.74 Å². The fraction of sp³-hybridized carbons (Fsp3) is 0.125. The molecule has 6 heteroatoms. The molecule has 0 spiro atoms. The number of benzene rings is 2. The minimum atomic E-state index is -0.443. The lowest BCUT2D eigenvalue weighted by molar-refractivity contribution is -0.115. The Morgan fingerprint density at radius 2 is 1.64 bits per heavy atom. The molecule has 0 saturated carbocycles. The molecular weight excluding hydrogens is 282 g/mol. The van der Waals surface area contributed by atoms with E-state index in [1.165, 1.54) is 7.11 Å². The lowest BCUT2D eigenvalue weighted by Crippen LogP contribution is -2.35. The number of amides is 3. The van der Waals surface area contributed by atoms with E-state index in [0.29, 0.717) is 17.1 Å². The SMILES string of the molecule is COc1ccccc1NC(=O)CNC(=O)Nc1ccccc1.